The molecule has 1 fully saturated rings. The van der Waals surface area contributed by atoms with Crippen LogP contribution in [0, 0.1) is 11.3 Å². The van der Waals surface area contributed by atoms with Crippen molar-refractivity contribution in [3.63, 3.8) is 0 Å². The zero-order valence-corrected chi connectivity index (χ0v) is 10.6. The minimum atomic E-state index is 0.395. The molecule has 0 aromatic carbocycles. The SMILES string of the molecule is CNC(c1ccco1)C1CCC(C)(C)CC1. The minimum Gasteiger partial charge on any atom is -0.468 e. The van der Waals surface area contributed by atoms with Gasteiger partial charge in [0.25, 0.3) is 0 Å². The summed E-state index contributed by atoms with van der Waals surface area (Å²) in [7, 11) is 2.03. The van der Waals surface area contributed by atoms with E-state index in [-0.39, 0.29) is 0 Å². The maximum absolute atomic E-state index is 5.53. The van der Waals surface area contributed by atoms with Gasteiger partial charge >= 0.3 is 0 Å². The van der Waals surface area contributed by atoms with Gasteiger partial charge in [0.1, 0.15) is 5.76 Å². The van der Waals surface area contributed by atoms with Crippen LogP contribution in [-0.4, -0.2) is 7.05 Å². The molecule has 1 heterocycles. The summed E-state index contributed by atoms with van der Waals surface area (Å²) in [6.07, 6.45) is 7.04. The van der Waals surface area contributed by atoms with Crippen molar-refractivity contribution in [2.24, 2.45) is 11.3 Å². The van der Waals surface area contributed by atoms with Crippen LogP contribution in [0.2, 0.25) is 0 Å². The molecule has 0 amide bonds. The van der Waals surface area contributed by atoms with E-state index in [9.17, 15) is 0 Å². The average Bonchev–Trinajstić information content (AvgIpc) is 2.75. The number of rotatable bonds is 3. The molecule has 0 bridgehead atoms. The Kier molecular flexibility index (Phi) is 3.38. The lowest BCUT2D eigenvalue weighted by molar-refractivity contribution is 0.156. The van der Waals surface area contributed by atoms with Crippen molar-refractivity contribution < 1.29 is 4.42 Å². The minimum absolute atomic E-state index is 0.395. The molecule has 1 aliphatic carbocycles. The Bertz CT molecular complexity index is 305. The highest BCUT2D eigenvalue weighted by Gasteiger charge is 2.32. The second-order valence-corrected chi connectivity index (χ2v) is 5.78. The van der Waals surface area contributed by atoms with E-state index in [1.807, 2.05) is 13.1 Å². The molecule has 2 nitrogen and oxygen atoms in total. The molecule has 1 aromatic heterocycles. The Morgan fingerprint density at radius 1 is 1.38 bits per heavy atom. The van der Waals surface area contributed by atoms with E-state index in [1.54, 1.807) is 6.26 Å². The third-order valence-electron chi connectivity index (χ3n) is 4.02. The van der Waals surface area contributed by atoms with Gasteiger partial charge in [0.15, 0.2) is 0 Å². The lowest BCUT2D eigenvalue weighted by Gasteiger charge is -2.37. The van der Waals surface area contributed by atoms with Gasteiger partial charge in [-0.05, 0) is 56.2 Å². The summed E-state index contributed by atoms with van der Waals surface area (Å²) in [6.45, 7) is 4.76. The van der Waals surface area contributed by atoms with E-state index < -0.39 is 0 Å². The Labute approximate surface area is 98.4 Å². The average molecular weight is 221 g/mol. The van der Waals surface area contributed by atoms with Gasteiger partial charge in [-0.3, -0.25) is 0 Å². The van der Waals surface area contributed by atoms with Crippen molar-refractivity contribution >= 4 is 0 Å². The van der Waals surface area contributed by atoms with Crippen LogP contribution in [0.4, 0.5) is 0 Å². The van der Waals surface area contributed by atoms with Gasteiger partial charge in [-0.25, -0.2) is 0 Å². The summed E-state index contributed by atoms with van der Waals surface area (Å²) in [5.41, 5.74) is 0.540. The molecule has 1 saturated carbocycles. The summed E-state index contributed by atoms with van der Waals surface area (Å²) in [6, 6.07) is 4.46. The van der Waals surface area contributed by atoms with Gasteiger partial charge in [-0.2, -0.15) is 0 Å². The molecule has 2 heteroatoms. The number of nitrogens with one attached hydrogen (secondary N) is 1. The van der Waals surface area contributed by atoms with Crippen LogP contribution in [0.5, 0.6) is 0 Å². The Hall–Kier alpha value is -0.760. The van der Waals surface area contributed by atoms with Gasteiger partial charge in [0.2, 0.25) is 0 Å². The fourth-order valence-corrected chi connectivity index (χ4v) is 2.83. The smallest absolute Gasteiger partial charge is 0.120 e. The molecule has 0 spiro atoms. The fourth-order valence-electron chi connectivity index (χ4n) is 2.83. The van der Waals surface area contributed by atoms with Crippen LogP contribution in [0.1, 0.15) is 51.3 Å². The second kappa shape index (κ2) is 4.62. The zero-order valence-electron chi connectivity index (χ0n) is 10.6. The third-order valence-corrected chi connectivity index (χ3v) is 4.02. The molecule has 1 aliphatic rings. The number of hydrogen-bond donors (Lipinski definition) is 1. The topological polar surface area (TPSA) is 25.2 Å². The van der Waals surface area contributed by atoms with Crippen LogP contribution in [-0.2, 0) is 0 Å². The summed E-state index contributed by atoms with van der Waals surface area (Å²) in [5.74, 6) is 1.82. The van der Waals surface area contributed by atoms with E-state index in [0.717, 1.165) is 11.7 Å². The first-order valence-electron chi connectivity index (χ1n) is 6.33. The Morgan fingerprint density at radius 2 is 2.06 bits per heavy atom. The number of hydrogen-bond acceptors (Lipinski definition) is 2. The maximum Gasteiger partial charge on any atom is 0.120 e. The molecule has 0 radical (unpaired) electrons. The van der Waals surface area contributed by atoms with Crippen LogP contribution in [0.3, 0.4) is 0 Å². The summed E-state index contributed by atoms with van der Waals surface area (Å²) in [4.78, 5) is 0. The normalized spacial score (nSPS) is 23.2. The van der Waals surface area contributed by atoms with Gasteiger partial charge in [0, 0.05) is 0 Å². The highest BCUT2D eigenvalue weighted by molar-refractivity contribution is 5.06. The molecule has 1 atom stereocenters. The summed E-state index contributed by atoms with van der Waals surface area (Å²) in [5, 5.41) is 3.41. The van der Waals surface area contributed by atoms with Gasteiger partial charge in [-0.1, -0.05) is 13.8 Å². The van der Waals surface area contributed by atoms with Gasteiger partial charge in [-0.15, -0.1) is 0 Å². The number of furan rings is 1. The van der Waals surface area contributed by atoms with Crippen molar-refractivity contribution in [2.75, 3.05) is 7.05 Å². The van der Waals surface area contributed by atoms with Gasteiger partial charge < -0.3 is 9.73 Å². The first-order valence-corrected chi connectivity index (χ1v) is 6.33. The monoisotopic (exact) mass is 221 g/mol. The summed E-state index contributed by atoms with van der Waals surface area (Å²) < 4.78 is 5.53. The predicted molar refractivity (Wildman–Crippen MR) is 66.2 cm³/mol. The quantitative estimate of drug-likeness (QED) is 0.840. The fraction of sp³-hybridized carbons (Fsp3) is 0.714. The third kappa shape index (κ3) is 2.49. The molecule has 90 valence electrons. The lowest BCUT2D eigenvalue weighted by Crippen LogP contribution is -2.30. The van der Waals surface area contributed by atoms with Gasteiger partial charge in [0.05, 0.1) is 12.3 Å². The van der Waals surface area contributed by atoms with Crippen LogP contribution in [0.25, 0.3) is 0 Å². The van der Waals surface area contributed by atoms with Crippen molar-refractivity contribution in [1.29, 1.82) is 0 Å². The highest BCUT2D eigenvalue weighted by Crippen LogP contribution is 2.42. The van der Waals surface area contributed by atoms with E-state index >= 15 is 0 Å². The first kappa shape index (κ1) is 11.7. The summed E-state index contributed by atoms with van der Waals surface area (Å²) >= 11 is 0. The second-order valence-electron chi connectivity index (χ2n) is 5.78. The lowest BCUT2D eigenvalue weighted by atomic mass is 9.71. The van der Waals surface area contributed by atoms with Crippen LogP contribution < -0.4 is 5.32 Å². The molecule has 16 heavy (non-hydrogen) atoms. The van der Waals surface area contributed by atoms with E-state index in [0.29, 0.717) is 11.5 Å². The molecule has 0 aliphatic heterocycles. The Morgan fingerprint density at radius 3 is 2.56 bits per heavy atom. The molecule has 1 unspecified atom stereocenters. The molecular weight excluding hydrogens is 198 g/mol. The molecule has 1 aromatic rings. The molecule has 1 N–H and O–H groups in total. The van der Waals surface area contributed by atoms with Crippen molar-refractivity contribution in [1.82, 2.24) is 5.32 Å². The first-order chi connectivity index (χ1) is 7.62. The van der Waals surface area contributed by atoms with E-state index in [4.69, 9.17) is 4.42 Å². The van der Waals surface area contributed by atoms with Crippen molar-refractivity contribution in [2.45, 2.75) is 45.6 Å². The standard InChI is InChI=1S/C14H23NO/c1-14(2)8-6-11(7-9-14)13(15-3)12-5-4-10-16-12/h4-5,10-11,13,15H,6-9H2,1-3H3. The highest BCUT2D eigenvalue weighted by atomic mass is 16.3. The van der Waals surface area contributed by atoms with Crippen LogP contribution >= 0.6 is 0 Å². The Balaban J connectivity index is 2.02. The zero-order chi connectivity index (χ0) is 11.6. The molecule has 2 rings (SSSR count). The van der Waals surface area contributed by atoms with Crippen molar-refractivity contribution in [3.05, 3.63) is 24.2 Å². The maximum atomic E-state index is 5.53. The molecular formula is C14H23NO. The predicted octanol–water partition coefficient (Wildman–Crippen LogP) is 3.76. The van der Waals surface area contributed by atoms with E-state index in [1.165, 1.54) is 25.7 Å². The van der Waals surface area contributed by atoms with Crippen molar-refractivity contribution in [3.8, 4) is 0 Å². The molecule has 0 saturated heterocycles. The van der Waals surface area contributed by atoms with E-state index in [2.05, 4.69) is 25.2 Å². The van der Waals surface area contributed by atoms with Crippen LogP contribution in [0.15, 0.2) is 22.8 Å². The largest absolute Gasteiger partial charge is 0.468 e.